The van der Waals surface area contributed by atoms with Crippen LogP contribution in [-0.4, -0.2) is 22.4 Å². The molecule has 2 aromatic carbocycles. The second kappa shape index (κ2) is 6.82. The number of carboxylic acids is 1. The second-order valence-corrected chi connectivity index (χ2v) is 10.8. The van der Waals surface area contributed by atoms with E-state index in [1.165, 1.54) is 23.5 Å². The van der Waals surface area contributed by atoms with Gasteiger partial charge in [-0.2, -0.15) is 0 Å². The highest BCUT2D eigenvalue weighted by molar-refractivity contribution is 7.74. The zero-order valence-electron chi connectivity index (χ0n) is 14.3. The van der Waals surface area contributed by atoms with Gasteiger partial charge in [0.2, 0.25) is 0 Å². The van der Waals surface area contributed by atoms with Crippen molar-refractivity contribution in [1.29, 1.82) is 0 Å². The predicted molar refractivity (Wildman–Crippen MR) is 110 cm³/mol. The summed E-state index contributed by atoms with van der Waals surface area (Å²) in [6, 6.07) is 21.8. The molecule has 4 rings (SSSR count). The van der Waals surface area contributed by atoms with Gasteiger partial charge in [0, 0.05) is 11.8 Å². The maximum atomic E-state index is 11.4. The maximum absolute atomic E-state index is 11.4. The van der Waals surface area contributed by atoms with Gasteiger partial charge in [0.15, 0.2) is 0 Å². The molecule has 2 aromatic rings. The number of hydrogen-bond donors (Lipinski definition) is 1. The van der Waals surface area contributed by atoms with E-state index in [9.17, 15) is 9.90 Å². The monoisotopic (exact) mass is 371 g/mol. The number of carboxylic acid groups (broad SMARTS) is 1. The van der Waals surface area contributed by atoms with Crippen LogP contribution in [0, 0.1) is 11.3 Å². The van der Waals surface area contributed by atoms with Gasteiger partial charge < -0.3 is 5.11 Å². The molecular formula is C21H25O2P2+. The Hall–Kier alpha value is -1.23. The van der Waals surface area contributed by atoms with Gasteiger partial charge in [0.1, 0.15) is 0 Å². The quantitative estimate of drug-likeness (QED) is 0.813. The van der Waals surface area contributed by atoms with Crippen molar-refractivity contribution in [2.24, 2.45) is 11.3 Å². The molecule has 5 unspecified atom stereocenters. The molecule has 0 aromatic heterocycles. The summed E-state index contributed by atoms with van der Waals surface area (Å²) in [4.78, 5) is 11.4. The summed E-state index contributed by atoms with van der Waals surface area (Å²) in [6.07, 6.45) is 3.83. The van der Waals surface area contributed by atoms with Gasteiger partial charge in [-0.1, -0.05) is 60.7 Å². The smallest absolute Gasteiger partial charge is 0.303 e. The van der Waals surface area contributed by atoms with Gasteiger partial charge in [0.25, 0.3) is 0 Å². The van der Waals surface area contributed by atoms with Crippen LogP contribution >= 0.6 is 17.2 Å². The summed E-state index contributed by atoms with van der Waals surface area (Å²) in [5.41, 5.74) is 1.55. The number of benzene rings is 2. The molecule has 2 aliphatic carbocycles. The molecule has 0 radical (unpaired) electrons. The Labute approximate surface area is 153 Å². The maximum Gasteiger partial charge on any atom is 0.303 e. The van der Waals surface area contributed by atoms with Crippen LogP contribution < -0.4 is 10.6 Å². The van der Waals surface area contributed by atoms with Crippen molar-refractivity contribution in [2.45, 2.75) is 37.0 Å². The largest absolute Gasteiger partial charge is 0.481 e. The van der Waals surface area contributed by atoms with Crippen molar-refractivity contribution in [3.8, 4) is 0 Å². The first-order chi connectivity index (χ1) is 12.1. The lowest BCUT2D eigenvalue weighted by Gasteiger charge is -2.26. The van der Waals surface area contributed by atoms with Crippen LogP contribution in [0.2, 0.25) is 0 Å². The van der Waals surface area contributed by atoms with Crippen molar-refractivity contribution in [2.75, 3.05) is 0 Å². The summed E-state index contributed by atoms with van der Waals surface area (Å²) >= 11 is 0. The van der Waals surface area contributed by atoms with Crippen LogP contribution in [0.4, 0.5) is 0 Å². The van der Waals surface area contributed by atoms with E-state index in [0.29, 0.717) is 23.7 Å². The third kappa shape index (κ3) is 3.05. The van der Waals surface area contributed by atoms with Crippen molar-refractivity contribution in [3.05, 3.63) is 60.7 Å². The van der Waals surface area contributed by atoms with Crippen LogP contribution in [0.15, 0.2) is 60.7 Å². The molecule has 2 fully saturated rings. The molecule has 0 saturated heterocycles. The minimum absolute atomic E-state index is 0.258. The van der Waals surface area contributed by atoms with Crippen molar-refractivity contribution < 1.29 is 9.90 Å². The van der Waals surface area contributed by atoms with Gasteiger partial charge in [0.05, 0.1) is 5.66 Å². The van der Waals surface area contributed by atoms with Crippen LogP contribution in [0.3, 0.4) is 0 Å². The summed E-state index contributed by atoms with van der Waals surface area (Å²) < 4.78 is 0. The standard InChI is InChI=1S/C21H24O2P2/c22-20(23)13-15-11-12-18(24)21(15)14-19(21)25(16-7-3-1-4-8-16)17-9-5-2-6-10-17/h1-10,15,18-19H,11-14,24H2,(H,22,23)/p+1. The molecule has 0 amide bonds. The first kappa shape index (κ1) is 17.2. The SMILES string of the molecule is O=C(O)CC1CCC([PH3+])C12CC2P(c1ccccc1)c1ccccc1. The Morgan fingerprint density at radius 3 is 2.12 bits per heavy atom. The van der Waals surface area contributed by atoms with Crippen molar-refractivity contribution >= 4 is 33.7 Å². The summed E-state index contributed by atoms with van der Waals surface area (Å²) in [5, 5.41) is 12.3. The average Bonchev–Trinajstić information content (AvgIpc) is 3.29. The third-order valence-corrected chi connectivity index (χ3v) is 10.4. The molecule has 2 saturated carbocycles. The van der Waals surface area contributed by atoms with Gasteiger partial charge in [-0.15, -0.1) is 0 Å². The Morgan fingerprint density at radius 1 is 1.04 bits per heavy atom. The fraction of sp³-hybridized carbons (Fsp3) is 0.381. The van der Waals surface area contributed by atoms with E-state index >= 15 is 0 Å². The van der Waals surface area contributed by atoms with E-state index in [0.717, 1.165) is 6.42 Å². The summed E-state index contributed by atoms with van der Waals surface area (Å²) in [7, 11) is 1.69. The number of hydrogen-bond acceptors (Lipinski definition) is 1. The molecule has 1 spiro atoms. The normalized spacial score (nSPS) is 30.8. The molecule has 1 N–H and O–H groups in total. The summed E-state index contributed by atoms with van der Waals surface area (Å²) in [6.45, 7) is 0. The van der Waals surface area contributed by atoms with Crippen molar-refractivity contribution in [1.82, 2.24) is 0 Å². The third-order valence-electron chi connectivity index (χ3n) is 6.19. The first-order valence-corrected chi connectivity index (χ1v) is 11.3. The highest BCUT2D eigenvalue weighted by atomic mass is 31.1. The van der Waals surface area contributed by atoms with Crippen molar-refractivity contribution in [3.63, 3.8) is 0 Å². The van der Waals surface area contributed by atoms with Crippen LogP contribution in [0.25, 0.3) is 0 Å². The van der Waals surface area contributed by atoms with Gasteiger partial charge in [-0.3, -0.25) is 4.79 Å². The van der Waals surface area contributed by atoms with E-state index in [2.05, 4.69) is 69.9 Å². The van der Waals surface area contributed by atoms with Gasteiger partial charge in [-0.05, 0) is 58.6 Å². The molecule has 0 aliphatic heterocycles. The Bertz CT molecular complexity index is 710. The lowest BCUT2D eigenvalue weighted by atomic mass is 9.89. The number of carbonyl (C=O) groups is 1. The molecule has 130 valence electrons. The topological polar surface area (TPSA) is 37.3 Å². The van der Waals surface area contributed by atoms with Gasteiger partial charge in [-0.25, -0.2) is 0 Å². The molecule has 2 aliphatic rings. The van der Waals surface area contributed by atoms with Crippen LogP contribution in [0.1, 0.15) is 25.7 Å². The Balaban J connectivity index is 1.71. The first-order valence-electron chi connectivity index (χ1n) is 9.07. The Morgan fingerprint density at radius 2 is 1.60 bits per heavy atom. The molecule has 0 heterocycles. The molecule has 0 bridgehead atoms. The number of aliphatic carboxylic acids is 1. The summed E-state index contributed by atoms with van der Waals surface area (Å²) in [5.74, 6) is -0.272. The average molecular weight is 371 g/mol. The van der Waals surface area contributed by atoms with Crippen LogP contribution in [-0.2, 0) is 4.79 Å². The predicted octanol–water partition coefficient (Wildman–Crippen LogP) is 3.74. The zero-order valence-corrected chi connectivity index (χ0v) is 16.7. The fourth-order valence-electron chi connectivity index (χ4n) is 4.95. The molecular weight excluding hydrogens is 346 g/mol. The van der Waals surface area contributed by atoms with E-state index in [1.807, 2.05) is 0 Å². The molecule has 2 nitrogen and oxygen atoms in total. The molecule has 5 atom stereocenters. The van der Waals surface area contributed by atoms with E-state index < -0.39 is 13.9 Å². The number of rotatable bonds is 5. The fourth-order valence-corrected chi connectivity index (χ4v) is 9.57. The minimum Gasteiger partial charge on any atom is -0.481 e. The minimum atomic E-state index is -0.629. The van der Waals surface area contributed by atoms with E-state index in [-0.39, 0.29) is 5.41 Å². The second-order valence-electron chi connectivity index (χ2n) is 7.44. The molecule has 25 heavy (non-hydrogen) atoms. The lowest BCUT2D eigenvalue weighted by Crippen LogP contribution is -2.26. The van der Waals surface area contributed by atoms with E-state index in [4.69, 9.17) is 0 Å². The highest BCUT2D eigenvalue weighted by Gasteiger charge is 2.68. The van der Waals surface area contributed by atoms with Gasteiger partial charge >= 0.3 is 5.97 Å². The molecule has 4 heteroatoms. The van der Waals surface area contributed by atoms with E-state index in [1.54, 1.807) is 0 Å². The lowest BCUT2D eigenvalue weighted by molar-refractivity contribution is -0.138. The highest BCUT2D eigenvalue weighted by Crippen LogP contribution is 2.74. The zero-order chi connectivity index (χ0) is 17.4. The van der Waals surface area contributed by atoms with Crippen LogP contribution in [0.5, 0.6) is 0 Å². The Kier molecular flexibility index (Phi) is 4.69.